The predicted octanol–water partition coefficient (Wildman–Crippen LogP) is 1.91. The summed E-state index contributed by atoms with van der Waals surface area (Å²) >= 11 is 0. The molecule has 0 radical (unpaired) electrons. The molecule has 21 heavy (non-hydrogen) atoms. The van der Waals surface area contributed by atoms with E-state index in [2.05, 4.69) is 8.91 Å². The van der Waals surface area contributed by atoms with Crippen LogP contribution in [0.25, 0.3) is 0 Å². The van der Waals surface area contributed by atoms with Gasteiger partial charge in [0.15, 0.2) is 0 Å². The van der Waals surface area contributed by atoms with Crippen LogP contribution in [-0.4, -0.2) is 15.5 Å². The highest BCUT2D eigenvalue weighted by atomic mass is 32.2. The second-order valence-corrected chi connectivity index (χ2v) is 6.04. The topological polar surface area (TPSA) is 81.4 Å². The third-order valence-electron chi connectivity index (χ3n) is 3.19. The second-order valence-electron chi connectivity index (χ2n) is 4.56. The lowest BCUT2D eigenvalue weighted by molar-refractivity contribution is 0.371. The summed E-state index contributed by atoms with van der Waals surface area (Å²) in [6.45, 7) is 0. The molecule has 0 aromatic heterocycles. The first-order valence-corrected chi connectivity index (χ1v) is 7.87. The number of benzene rings is 2. The highest BCUT2D eigenvalue weighted by Gasteiger charge is 2.26. The van der Waals surface area contributed by atoms with Crippen molar-refractivity contribution in [1.29, 1.82) is 0 Å². The first kappa shape index (κ1) is 15.7. The summed E-state index contributed by atoms with van der Waals surface area (Å²) in [5, 5.41) is 0. The Balaban J connectivity index is 2.37. The molecule has 0 unspecified atom stereocenters. The highest BCUT2D eigenvalue weighted by molar-refractivity contribution is 7.84. The van der Waals surface area contributed by atoms with Crippen LogP contribution in [0.2, 0.25) is 0 Å². The van der Waals surface area contributed by atoms with Gasteiger partial charge in [0.05, 0.1) is 19.2 Å². The molecule has 0 fully saturated rings. The van der Waals surface area contributed by atoms with Gasteiger partial charge in [-0.15, -0.1) is 0 Å². The Morgan fingerprint density at radius 2 is 1.43 bits per heavy atom. The van der Waals surface area contributed by atoms with Gasteiger partial charge >= 0.3 is 10.3 Å². The minimum atomic E-state index is -3.85. The van der Waals surface area contributed by atoms with Gasteiger partial charge < -0.3 is 5.73 Å². The number of nitrogens with one attached hydrogen (secondary N) is 1. The summed E-state index contributed by atoms with van der Waals surface area (Å²) in [7, 11) is -2.74. The Bertz CT molecular complexity index is 660. The minimum Gasteiger partial charge on any atom is -0.322 e. The Morgan fingerprint density at radius 1 is 0.952 bits per heavy atom. The number of hydrogen-bond donors (Lipinski definition) is 2. The van der Waals surface area contributed by atoms with Crippen LogP contribution >= 0.6 is 0 Å². The van der Waals surface area contributed by atoms with Crippen LogP contribution in [0.1, 0.15) is 23.2 Å². The zero-order chi connectivity index (χ0) is 15.3. The van der Waals surface area contributed by atoms with E-state index >= 15 is 0 Å². The average molecular weight is 306 g/mol. The fourth-order valence-electron chi connectivity index (χ4n) is 2.08. The van der Waals surface area contributed by atoms with Crippen molar-refractivity contribution in [2.75, 3.05) is 7.11 Å². The fourth-order valence-corrected chi connectivity index (χ4v) is 2.77. The maximum Gasteiger partial charge on any atom is 0.336 e. The van der Waals surface area contributed by atoms with Crippen LogP contribution in [0.15, 0.2) is 60.7 Å². The molecule has 2 atom stereocenters. The fraction of sp³-hybridized carbons (Fsp3) is 0.200. The molecule has 0 spiro atoms. The molecule has 2 aromatic rings. The standard InChI is InChI=1S/C15H18N2O3S/c1-20-21(18,19)17-15(13-10-6-3-7-11-13)14(16)12-8-4-2-5-9-12/h2-11,14-15,17H,16H2,1H3/t14-,15-/m1/s1. The zero-order valence-electron chi connectivity index (χ0n) is 11.6. The van der Waals surface area contributed by atoms with Gasteiger partial charge in [-0.05, 0) is 11.1 Å². The molecule has 0 amide bonds. The zero-order valence-corrected chi connectivity index (χ0v) is 12.5. The number of hydrogen-bond acceptors (Lipinski definition) is 4. The van der Waals surface area contributed by atoms with E-state index in [4.69, 9.17) is 5.73 Å². The molecule has 0 aliphatic rings. The molecular formula is C15H18N2O3S. The Morgan fingerprint density at radius 3 is 1.90 bits per heavy atom. The van der Waals surface area contributed by atoms with Crippen LogP contribution in [-0.2, 0) is 14.5 Å². The van der Waals surface area contributed by atoms with E-state index in [9.17, 15) is 8.42 Å². The molecule has 0 saturated heterocycles. The van der Waals surface area contributed by atoms with Crippen molar-refractivity contribution in [3.63, 3.8) is 0 Å². The summed E-state index contributed by atoms with van der Waals surface area (Å²) < 4.78 is 30.4. The normalized spacial score (nSPS) is 14.6. The third-order valence-corrected chi connectivity index (χ3v) is 4.17. The van der Waals surface area contributed by atoms with Gasteiger partial charge in [0.2, 0.25) is 0 Å². The van der Waals surface area contributed by atoms with Crippen LogP contribution in [0.5, 0.6) is 0 Å². The largest absolute Gasteiger partial charge is 0.336 e. The monoisotopic (exact) mass is 306 g/mol. The smallest absolute Gasteiger partial charge is 0.322 e. The molecule has 3 N–H and O–H groups in total. The third kappa shape index (κ3) is 4.12. The van der Waals surface area contributed by atoms with E-state index in [1.165, 1.54) is 0 Å². The van der Waals surface area contributed by atoms with E-state index in [1.807, 2.05) is 60.7 Å². The van der Waals surface area contributed by atoms with Gasteiger partial charge in [-0.2, -0.15) is 13.1 Å². The quantitative estimate of drug-likeness (QED) is 0.854. The molecule has 0 aliphatic heterocycles. The molecule has 0 aliphatic carbocycles. The molecule has 0 heterocycles. The van der Waals surface area contributed by atoms with E-state index in [-0.39, 0.29) is 0 Å². The Hall–Kier alpha value is -1.73. The number of rotatable bonds is 6. The Labute approximate surface area is 125 Å². The van der Waals surface area contributed by atoms with Gasteiger partial charge in [0.25, 0.3) is 0 Å². The summed E-state index contributed by atoms with van der Waals surface area (Å²) in [5.41, 5.74) is 7.86. The first-order valence-electron chi connectivity index (χ1n) is 6.47. The van der Waals surface area contributed by atoms with Crippen LogP contribution < -0.4 is 10.5 Å². The van der Waals surface area contributed by atoms with Crippen molar-refractivity contribution in [3.8, 4) is 0 Å². The summed E-state index contributed by atoms with van der Waals surface area (Å²) in [4.78, 5) is 0. The maximum atomic E-state index is 11.7. The lowest BCUT2D eigenvalue weighted by Crippen LogP contribution is -2.36. The molecule has 2 aromatic carbocycles. The maximum absolute atomic E-state index is 11.7. The SMILES string of the molecule is COS(=O)(=O)N[C@H](c1ccccc1)[C@H](N)c1ccccc1. The van der Waals surface area contributed by atoms with Crippen molar-refractivity contribution in [1.82, 2.24) is 4.72 Å². The molecule has 0 bridgehead atoms. The molecule has 6 heteroatoms. The van der Waals surface area contributed by atoms with Gasteiger partial charge in [-0.3, -0.25) is 4.18 Å². The van der Waals surface area contributed by atoms with Crippen LogP contribution in [0.3, 0.4) is 0 Å². The summed E-state index contributed by atoms with van der Waals surface area (Å²) in [5.74, 6) is 0. The van der Waals surface area contributed by atoms with Crippen molar-refractivity contribution in [2.24, 2.45) is 5.73 Å². The van der Waals surface area contributed by atoms with E-state index < -0.39 is 22.4 Å². The van der Waals surface area contributed by atoms with Crippen molar-refractivity contribution >= 4 is 10.3 Å². The summed E-state index contributed by atoms with van der Waals surface area (Å²) in [6.07, 6.45) is 0. The lowest BCUT2D eigenvalue weighted by atomic mass is 9.95. The van der Waals surface area contributed by atoms with E-state index in [0.29, 0.717) is 0 Å². The molecule has 112 valence electrons. The van der Waals surface area contributed by atoms with E-state index in [0.717, 1.165) is 18.2 Å². The highest BCUT2D eigenvalue weighted by Crippen LogP contribution is 2.27. The first-order chi connectivity index (χ1) is 10.0. The lowest BCUT2D eigenvalue weighted by Gasteiger charge is -2.25. The summed E-state index contributed by atoms with van der Waals surface area (Å²) in [6, 6.07) is 17.4. The van der Waals surface area contributed by atoms with Crippen LogP contribution in [0.4, 0.5) is 0 Å². The van der Waals surface area contributed by atoms with Gasteiger partial charge in [-0.25, -0.2) is 0 Å². The van der Waals surface area contributed by atoms with Gasteiger partial charge in [-0.1, -0.05) is 60.7 Å². The number of nitrogens with two attached hydrogens (primary N) is 1. The van der Waals surface area contributed by atoms with Crippen molar-refractivity contribution < 1.29 is 12.6 Å². The molecule has 5 nitrogen and oxygen atoms in total. The van der Waals surface area contributed by atoms with E-state index in [1.54, 1.807) is 0 Å². The van der Waals surface area contributed by atoms with Gasteiger partial charge in [0.1, 0.15) is 0 Å². The van der Waals surface area contributed by atoms with Gasteiger partial charge in [0, 0.05) is 0 Å². The average Bonchev–Trinajstić information content (AvgIpc) is 2.54. The second kappa shape index (κ2) is 6.82. The van der Waals surface area contributed by atoms with Crippen molar-refractivity contribution in [2.45, 2.75) is 12.1 Å². The molecular weight excluding hydrogens is 288 g/mol. The minimum absolute atomic E-state index is 0.529. The van der Waals surface area contributed by atoms with Crippen molar-refractivity contribution in [3.05, 3.63) is 71.8 Å². The Kier molecular flexibility index (Phi) is 5.08. The molecule has 0 saturated carbocycles. The predicted molar refractivity (Wildman–Crippen MR) is 81.6 cm³/mol. The molecule has 2 rings (SSSR count). The van der Waals surface area contributed by atoms with Crippen LogP contribution in [0, 0.1) is 0 Å².